The second-order valence-electron chi connectivity index (χ2n) is 6.37. The third-order valence-corrected chi connectivity index (χ3v) is 4.49. The molecule has 0 fully saturated rings. The van der Waals surface area contributed by atoms with Gasteiger partial charge in [0.2, 0.25) is 5.90 Å². The summed E-state index contributed by atoms with van der Waals surface area (Å²) in [4.78, 5) is 7.92. The molecule has 9 heteroatoms. The third kappa shape index (κ3) is 3.59. The molecule has 0 saturated heterocycles. The maximum atomic E-state index is 15.3. The van der Waals surface area contributed by atoms with Crippen LogP contribution in [0.3, 0.4) is 0 Å². The molecule has 2 heterocycles. The van der Waals surface area contributed by atoms with Gasteiger partial charge in [-0.1, -0.05) is 36.4 Å². The highest BCUT2D eigenvalue weighted by molar-refractivity contribution is 6.03. The largest absolute Gasteiger partial charge is 0.468 e. The van der Waals surface area contributed by atoms with Gasteiger partial charge in [-0.3, -0.25) is 4.98 Å². The fourth-order valence-electron chi connectivity index (χ4n) is 3.29. The zero-order valence-corrected chi connectivity index (χ0v) is 14.9. The number of halogens is 5. The number of hydrogen-bond acceptors (Lipinski definition) is 4. The van der Waals surface area contributed by atoms with E-state index in [-0.39, 0.29) is 29.5 Å². The summed E-state index contributed by atoms with van der Waals surface area (Å²) in [6.45, 7) is -2.43. The highest BCUT2D eigenvalue weighted by Gasteiger charge is 2.31. The summed E-state index contributed by atoms with van der Waals surface area (Å²) in [5.41, 5.74) is 0.670. The van der Waals surface area contributed by atoms with Gasteiger partial charge in [0.1, 0.15) is 19.0 Å². The minimum Gasteiger partial charge on any atom is -0.468 e. The van der Waals surface area contributed by atoms with Gasteiger partial charge in [0.15, 0.2) is 12.4 Å². The van der Waals surface area contributed by atoms with E-state index in [1.165, 1.54) is 6.20 Å². The van der Waals surface area contributed by atoms with Gasteiger partial charge >= 0.3 is 6.18 Å². The van der Waals surface area contributed by atoms with Crippen molar-refractivity contribution in [3.05, 3.63) is 59.5 Å². The molecule has 29 heavy (non-hydrogen) atoms. The van der Waals surface area contributed by atoms with Crippen LogP contribution in [0.15, 0.2) is 47.6 Å². The van der Waals surface area contributed by atoms with E-state index >= 15 is 4.39 Å². The van der Waals surface area contributed by atoms with E-state index in [2.05, 4.69) is 15.3 Å². The number of benzene rings is 2. The first-order valence-electron chi connectivity index (χ1n) is 8.62. The number of rotatable bonds is 3. The Labute approximate surface area is 162 Å². The molecule has 4 nitrogen and oxygen atoms in total. The molecule has 1 aliphatic heterocycles. The monoisotopic (exact) mass is 407 g/mol. The number of pyridine rings is 1. The fourth-order valence-corrected chi connectivity index (χ4v) is 3.29. The number of ether oxygens (including phenoxy) is 1. The van der Waals surface area contributed by atoms with Gasteiger partial charge in [-0.05, 0) is 16.3 Å². The minimum absolute atomic E-state index is 0.00676. The van der Waals surface area contributed by atoms with Crippen LogP contribution in [0.25, 0.3) is 22.0 Å². The van der Waals surface area contributed by atoms with E-state index in [4.69, 9.17) is 4.74 Å². The van der Waals surface area contributed by atoms with E-state index in [1.807, 2.05) is 0 Å². The smallest absolute Gasteiger partial charge is 0.422 e. The second-order valence-corrected chi connectivity index (χ2v) is 6.37. The molecule has 2 aromatic carbocycles. The van der Waals surface area contributed by atoms with Crippen molar-refractivity contribution in [3.63, 3.8) is 0 Å². The van der Waals surface area contributed by atoms with E-state index in [0.29, 0.717) is 16.5 Å². The average molecular weight is 407 g/mol. The number of nitrogens with zero attached hydrogens (tertiary/aromatic N) is 2. The molecule has 0 spiro atoms. The molecule has 0 unspecified atom stereocenters. The maximum Gasteiger partial charge on any atom is 0.422 e. The Morgan fingerprint density at radius 2 is 1.83 bits per heavy atom. The molecule has 0 aliphatic carbocycles. The van der Waals surface area contributed by atoms with Crippen molar-refractivity contribution in [2.45, 2.75) is 12.9 Å². The predicted molar refractivity (Wildman–Crippen MR) is 99.0 cm³/mol. The van der Waals surface area contributed by atoms with E-state index < -0.39 is 25.3 Å². The number of aromatic nitrogens is 1. The number of hydrogen-bond donors (Lipinski definition) is 1. The Balaban J connectivity index is 1.81. The Kier molecular flexibility index (Phi) is 4.81. The SMILES string of the molecule is FCc1cccc2cccc(-c3ncc4c(c3F)NCN=C4OCC(F)(F)F)c12. The van der Waals surface area contributed by atoms with E-state index in [9.17, 15) is 17.6 Å². The van der Waals surface area contributed by atoms with Crippen molar-refractivity contribution in [2.24, 2.45) is 4.99 Å². The number of alkyl halides is 4. The minimum atomic E-state index is -4.55. The maximum absolute atomic E-state index is 15.3. The van der Waals surface area contributed by atoms with Crippen LogP contribution >= 0.6 is 0 Å². The first kappa shape index (κ1) is 19.1. The molecule has 4 rings (SSSR count). The van der Waals surface area contributed by atoms with Crippen molar-refractivity contribution in [1.82, 2.24) is 4.98 Å². The topological polar surface area (TPSA) is 46.5 Å². The second kappa shape index (κ2) is 7.31. The number of nitrogens with one attached hydrogen (secondary N) is 1. The summed E-state index contributed by atoms with van der Waals surface area (Å²) < 4.78 is 70.9. The predicted octanol–water partition coefficient (Wildman–Crippen LogP) is 5.22. The van der Waals surface area contributed by atoms with Crippen molar-refractivity contribution >= 4 is 22.4 Å². The lowest BCUT2D eigenvalue weighted by Crippen LogP contribution is -2.25. The van der Waals surface area contributed by atoms with Gasteiger partial charge in [-0.15, -0.1) is 0 Å². The summed E-state index contributed by atoms with van der Waals surface area (Å²) in [7, 11) is 0. The lowest BCUT2D eigenvalue weighted by molar-refractivity contribution is -0.156. The molecule has 150 valence electrons. The van der Waals surface area contributed by atoms with Gasteiger partial charge in [0, 0.05) is 11.8 Å². The Hall–Kier alpha value is -3.23. The van der Waals surface area contributed by atoms with Crippen molar-refractivity contribution in [3.8, 4) is 11.3 Å². The fraction of sp³-hybridized carbons (Fsp3) is 0.200. The summed E-state index contributed by atoms with van der Waals surface area (Å²) in [6.07, 6.45) is -3.35. The lowest BCUT2D eigenvalue weighted by Gasteiger charge is -2.21. The molecule has 1 aromatic heterocycles. The normalized spacial score (nSPS) is 13.6. The van der Waals surface area contributed by atoms with Crippen molar-refractivity contribution in [2.75, 3.05) is 18.6 Å². The highest BCUT2D eigenvalue weighted by atomic mass is 19.4. The molecule has 1 aliphatic rings. The highest BCUT2D eigenvalue weighted by Crippen LogP contribution is 2.36. The van der Waals surface area contributed by atoms with Crippen LogP contribution in [-0.2, 0) is 11.4 Å². The van der Waals surface area contributed by atoms with Crippen molar-refractivity contribution < 1.29 is 26.7 Å². The summed E-state index contributed by atoms with van der Waals surface area (Å²) in [6, 6.07) is 10.2. The molecule has 0 amide bonds. The number of aliphatic imine (C=N–C) groups is 1. The van der Waals surface area contributed by atoms with E-state index in [0.717, 1.165) is 5.39 Å². The van der Waals surface area contributed by atoms with Gasteiger partial charge in [-0.25, -0.2) is 13.8 Å². The van der Waals surface area contributed by atoms with Crippen LogP contribution in [0, 0.1) is 5.82 Å². The molecule has 0 saturated carbocycles. The van der Waals surface area contributed by atoms with Crippen LogP contribution in [0.1, 0.15) is 11.1 Å². The quantitative estimate of drug-likeness (QED) is 0.606. The molecular weight excluding hydrogens is 393 g/mol. The first-order valence-corrected chi connectivity index (χ1v) is 8.62. The number of fused-ring (bicyclic) bond motifs is 2. The van der Waals surface area contributed by atoms with Gasteiger partial charge in [0.25, 0.3) is 0 Å². The summed E-state index contributed by atoms with van der Waals surface area (Å²) in [5, 5.41) is 3.96. The van der Waals surface area contributed by atoms with Crippen LogP contribution < -0.4 is 5.32 Å². The lowest BCUT2D eigenvalue weighted by atomic mass is 9.96. The van der Waals surface area contributed by atoms with Gasteiger partial charge < -0.3 is 10.1 Å². The average Bonchev–Trinajstić information content (AvgIpc) is 2.71. The van der Waals surface area contributed by atoms with Crippen LogP contribution in [-0.4, -0.2) is 30.3 Å². The van der Waals surface area contributed by atoms with Crippen LogP contribution in [0.2, 0.25) is 0 Å². The molecule has 1 N–H and O–H groups in total. The Morgan fingerprint density at radius 3 is 2.55 bits per heavy atom. The molecule has 3 aromatic rings. The summed E-state index contributed by atoms with van der Waals surface area (Å²) in [5.74, 6) is -1.11. The zero-order valence-electron chi connectivity index (χ0n) is 14.9. The first-order chi connectivity index (χ1) is 13.9. The standard InChI is InChI=1S/C20H14F5N3O/c21-7-12-5-1-3-11-4-2-6-13(15(11)12)17-16(22)18-14(8-26-17)19(28-10-27-18)29-9-20(23,24)25/h1-6,8,27H,7,9-10H2. The summed E-state index contributed by atoms with van der Waals surface area (Å²) >= 11 is 0. The van der Waals surface area contributed by atoms with E-state index in [1.54, 1.807) is 36.4 Å². The molecule has 0 radical (unpaired) electrons. The molecule has 0 atom stereocenters. The zero-order chi connectivity index (χ0) is 20.6. The molecule has 0 bridgehead atoms. The number of anilines is 1. The third-order valence-electron chi connectivity index (χ3n) is 4.49. The van der Waals surface area contributed by atoms with Crippen LogP contribution in [0.4, 0.5) is 27.6 Å². The Bertz CT molecular complexity index is 1110. The van der Waals surface area contributed by atoms with Gasteiger partial charge in [0.05, 0.1) is 11.3 Å². The van der Waals surface area contributed by atoms with Crippen molar-refractivity contribution in [1.29, 1.82) is 0 Å². The Morgan fingerprint density at radius 1 is 1.07 bits per heavy atom. The molecular formula is C20H14F5N3O. The van der Waals surface area contributed by atoms with Gasteiger partial charge in [-0.2, -0.15) is 13.2 Å². The van der Waals surface area contributed by atoms with Crippen LogP contribution in [0.5, 0.6) is 0 Å².